The van der Waals surface area contributed by atoms with E-state index in [2.05, 4.69) is 45.2 Å². The van der Waals surface area contributed by atoms with Crippen LogP contribution in [0.1, 0.15) is 30.0 Å². The molecule has 1 fully saturated rings. The Hall–Kier alpha value is -1.90. The summed E-state index contributed by atoms with van der Waals surface area (Å²) in [6.07, 6.45) is 4.21. The predicted molar refractivity (Wildman–Crippen MR) is 77.4 cm³/mol. The van der Waals surface area contributed by atoms with Crippen LogP contribution in [0.15, 0.2) is 42.6 Å². The maximum atomic E-state index is 4.51. The molecule has 1 aliphatic rings. The number of rotatable bonds is 2. The minimum Gasteiger partial charge on any atom is -0.341 e. The second kappa shape index (κ2) is 5.39. The molecule has 0 radical (unpaired) electrons. The zero-order valence-electron chi connectivity index (χ0n) is 11.3. The van der Waals surface area contributed by atoms with Crippen molar-refractivity contribution in [2.75, 3.05) is 18.0 Å². The highest BCUT2D eigenvalue weighted by molar-refractivity contribution is 5.32. The van der Waals surface area contributed by atoms with Crippen LogP contribution in [0.3, 0.4) is 0 Å². The van der Waals surface area contributed by atoms with Crippen LogP contribution < -0.4 is 4.90 Å². The minimum atomic E-state index is 0.683. The van der Waals surface area contributed by atoms with E-state index in [1.54, 1.807) is 0 Å². The molecule has 1 aliphatic heterocycles. The molecule has 3 rings (SSSR count). The summed E-state index contributed by atoms with van der Waals surface area (Å²) < 4.78 is 0. The van der Waals surface area contributed by atoms with Gasteiger partial charge in [0.15, 0.2) is 0 Å². The van der Waals surface area contributed by atoms with Gasteiger partial charge in [0, 0.05) is 25.0 Å². The Morgan fingerprint density at radius 1 is 1.05 bits per heavy atom. The summed E-state index contributed by atoms with van der Waals surface area (Å²) in [5.74, 6) is 1.56. The molecule has 3 heteroatoms. The molecule has 98 valence electrons. The Labute approximate surface area is 114 Å². The van der Waals surface area contributed by atoms with Gasteiger partial charge in [-0.2, -0.15) is 0 Å². The van der Waals surface area contributed by atoms with Gasteiger partial charge in [0.1, 0.15) is 0 Å². The highest BCUT2D eigenvalue weighted by atomic mass is 15.2. The average molecular weight is 253 g/mol. The topological polar surface area (TPSA) is 29.0 Å². The molecule has 0 saturated carbocycles. The molecular weight excluding hydrogens is 234 g/mol. The van der Waals surface area contributed by atoms with Gasteiger partial charge in [-0.15, -0.1) is 0 Å². The summed E-state index contributed by atoms with van der Waals surface area (Å²) in [4.78, 5) is 11.2. The number of anilines is 1. The molecule has 1 aromatic carbocycles. The fraction of sp³-hybridized carbons (Fsp3) is 0.375. The Morgan fingerprint density at radius 2 is 1.79 bits per heavy atom. The first-order valence-electron chi connectivity index (χ1n) is 6.92. The zero-order valence-corrected chi connectivity index (χ0v) is 11.3. The number of hydrogen-bond donors (Lipinski definition) is 0. The Morgan fingerprint density at radius 3 is 2.47 bits per heavy atom. The molecule has 1 saturated heterocycles. The molecule has 0 spiro atoms. The number of aromatic nitrogens is 2. The maximum absolute atomic E-state index is 4.51. The monoisotopic (exact) mass is 253 g/mol. The summed E-state index contributed by atoms with van der Waals surface area (Å²) in [6.45, 7) is 4.11. The van der Waals surface area contributed by atoms with E-state index in [4.69, 9.17) is 0 Å². The molecule has 0 aliphatic carbocycles. The van der Waals surface area contributed by atoms with Gasteiger partial charge in [-0.25, -0.2) is 9.97 Å². The zero-order chi connectivity index (χ0) is 13.1. The van der Waals surface area contributed by atoms with Gasteiger partial charge in [-0.1, -0.05) is 30.3 Å². The number of nitrogens with zero attached hydrogens (tertiary/aromatic N) is 3. The van der Waals surface area contributed by atoms with Crippen LogP contribution in [0.25, 0.3) is 0 Å². The summed E-state index contributed by atoms with van der Waals surface area (Å²) in [5, 5.41) is 0. The largest absolute Gasteiger partial charge is 0.341 e. The van der Waals surface area contributed by atoms with Crippen molar-refractivity contribution in [3.05, 3.63) is 53.9 Å². The molecule has 19 heavy (non-hydrogen) atoms. The number of hydrogen-bond acceptors (Lipinski definition) is 3. The molecular formula is C16H19N3. The first-order chi connectivity index (χ1) is 9.33. The standard InChI is InChI=1S/C16H19N3/c1-13-7-10-17-16(18-13)19-11-8-15(9-12-19)14-5-3-2-4-6-14/h2-7,10,15H,8-9,11-12H2,1H3. The lowest BCUT2D eigenvalue weighted by Crippen LogP contribution is -2.34. The van der Waals surface area contributed by atoms with Crippen LogP contribution in [0.2, 0.25) is 0 Å². The van der Waals surface area contributed by atoms with E-state index in [9.17, 15) is 0 Å². The lowest BCUT2D eigenvalue weighted by atomic mass is 9.90. The van der Waals surface area contributed by atoms with Crippen molar-refractivity contribution in [3.8, 4) is 0 Å². The molecule has 2 heterocycles. The van der Waals surface area contributed by atoms with Gasteiger partial charge < -0.3 is 4.90 Å². The van der Waals surface area contributed by atoms with Gasteiger partial charge in [-0.3, -0.25) is 0 Å². The van der Waals surface area contributed by atoms with E-state index < -0.39 is 0 Å². The number of piperidine rings is 1. The summed E-state index contributed by atoms with van der Waals surface area (Å²) in [5.41, 5.74) is 2.50. The fourth-order valence-electron chi connectivity index (χ4n) is 2.73. The van der Waals surface area contributed by atoms with Crippen molar-refractivity contribution >= 4 is 5.95 Å². The first-order valence-corrected chi connectivity index (χ1v) is 6.92. The van der Waals surface area contributed by atoms with Crippen molar-refractivity contribution in [2.24, 2.45) is 0 Å². The summed E-state index contributed by atoms with van der Waals surface area (Å²) in [6, 6.07) is 12.8. The van der Waals surface area contributed by atoms with Crippen LogP contribution in [-0.2, 0) is 0 Å². The van der Waals surface area contributed by atoms with Gasteiger partial charge in [0.2, 0.25) is 5.95 Å². The SMILES string of the molecule is Cc1ccnc(N2CCC(c3ccccc3)CC2)n1. The van der Waals surface area contributed by atoms with Crippen molar-refractivity contribution in [1.29, 1.82) is 0 Å². The van der Waals surface area contributed by atoms with Crippen LogP contribution >= 0.6 is 0 Å². The Bertz CT molecular complexity index is 531. The van der Waals surface area contributed by atoms with E-state index in [-0.39, 0.29) is 0 Å². The molecule has 2 aromatic rings. The van der Waals surface area contributed by atoms with E-state index in [0.717, 1.165) is 24.7 Å². The van der Waals surface area contributed by atoms with E-state index in [0.29, 0.717) is 5.92 Å². The smallest absolute Gasteiger partial charge is 0.225 e. The highest BCUT2D eigenvalue weighted by Crippen LogP contribution is 2.28. The van der Waals surface area contributed by atoms with Crippen molar-refractivity contribution in [3.63, 3.8) is 0 Å². The molecule has 0 unspecified atom stereocenters. The summed E-state index contributed by atoms with van der Waals surface area (Å²) >= 11 is 0. The van der Waals surface area contributed by atoms with Gasteiger partial charge in [0.25, 0.3) is 0 Å². The third kappa shape index (κ3) is 2.75. The van der Waals surface area contributed by atoms with E-state index >= 15 is 0 Å². The quantitative estimate of drug-likeness (QED) is 0.823. The Kier molecular flexibility index (Phi) is 3.45. The number of benzene rings is 1. The normalized spacial score (nSPS) is 16.6. The first kappa shape index (κ1) is 12.2. The van der Waals surface area contributed by atoms with Crippen LogP contribution in [0, 0.1) is 6.92 Å². The van der Waals surface area contributed by atoms with Gasteiger partial charge in [0.05, 0.1) is 0 Å². The highest BCUT2D eigenvalue weighted by Gasteiger charge is 2.21. The molecule has 0 bridgehead atoms. The third-order valence-electron chi connectivity index (χ3n) is 3.83. The second-order valence-electron chi connectivity index (χ2n) is 5.17. The minimum absolute atomic E-state index is 0.683. The Balaban J connectivity index is 1.67. The average Bonchev–Trinajstić information content (AvgIpc) is 2.48. The molecule has 1 aromatic heterocycles. The van der Waals surface area contributed by atoms with Crippen LogP contribution in [0.5, 0.6) is 0 Å². The van der Waals surface area contributed by atoms with E-state index in [1.165, 1.54) is 18.4 Å². The van der Waals surface area contributed by atoms with Gasteiger partial charge >= 0.3 is 0 Å². The van der Waals surface area contributed by atoms with Crippen LogP contribution in [0.4, 0.5) is 5.95 Å². The summed E-state index contributed by atoms with van der Waals surface area (Å²) in [7, 11) is 0. The molecule has 0 atom stereocenters. The molecule has 3 nitrogen and oxygen atoms in total. The van der Waals surface area contributed by atoms with E-state index in [1.807, 2.05) is 19.2 Å². The van der Waals surface area contributed by atoms with Crippen molar-refractivity contribution in [2.45, 2.75) is 25.7 Å². The van der Waals surface area contributed by atoms with Gasteiger partial charge in [-0.05, 0) is 37.3 Å². The molecule has 0 N–H and O–H groups in total. The lowest BCUT2D eigenvalue weighted by molar-refractivity contribution is 0.499. The fourth-order valence-corrected chi connectivity index (χ4v) is 2.73. The predicted octanol–water partition coefficient (Wildman–Crippen LogP) is 3.17. The second-order valence-corrected chi connectivity index (χ2v) is 5.17. The molecule has 0 amide bonds. The van der Waals surface area contributed by atoms with Crippen molar-refractivity contribution < 1.29 is 0 Å². The lowest BCUT2D eigenvalue weighted by Gasteiger charge is -2.32. The van der Waals surface area contributed by atoms with Crippen molar-refractivity contribution in [1.82, 2.24) is 9.97 Å². The van der Waals surface area contributed by atoms with Crippen LogP contribution in [-0.4, -0.2) is 23.1 Å². The third-order valence-corrected chi connectivity index (χ3v) is 3.83. The maximum Gasteiger partial charge on any atom is 0.225 e. The number of aryl methyl sites for hydroxylation is 1.